The maximum absolute atomic E-state index is 12.3. The molecule has 1 heterocycles. The summed E-state index contributed by atoms with van der Waals surface area (Å²) >= 11 is 7.33. The zero-order valence-corrected chi connectivity index (χ0v) is 17.6. The van der Waals surface area contributed by atoms with Crippen LogP contribution in [0.1, 0.15) is 21.7 Å². The predicted molar refractivity (Wildman–Crippen MR) is 116 cm³/mol. The van der Waals surface area contributed by atoms with E-state index in [0.717, 1.165) is 16.1 Å². The molecule has 8 heteroatoms. The van der Waals surface area contributed by atoms with Crippen molar-refractivity contribution >= 4 is 39.9 Å². The van der Waals surface area contributed by atoms with Crippen LogP contribution in [0.15, 0.2) is 48.5 Å². The minimum atomic E-state index is -0.287. The number of methoxy groups -OCH3 is 1. The van der Waals surface area contributed by atoms with Gasteiger partial charge >= 0.3 is 0 Å². The molecule has 0 saturated carbocycles. The molecule has 6 nitrogen and oxygen atoms in total. The molecule has 0 aliphatic carbocycles. The number of carbonyl (C=O) groups excluding carboxylic acids is 2. The van der Waals surface area contributed by atoms with Crippen molar-refractivity contribution in [1.82, 2.24) is 10.3 Å². The SMILES string of the molecule is COc1ccccc1C(=O)NCCC(=O)Nc1nc(-c2ccc(Cl)cc2)c(C)s1. The highest BCUT2D eigenvalue weighted by Gasteiger charge is 2.14. The van der Waals surface area contributed by atoms with Crippen LogP contribution in [0.25, 0.3) is 11.3 Å². The van der Waals surface area contributed by atoms with E-state index in [1.807, 2.05) is 19.1 Å². The number of hydrogen-bond donors (Lipinski definition) is 2. The van der Waals surface area contributed by atoms with Crippen LogP contribution < -0.4 is 15.4 Å². The average Bonchev–Trinajstić information content (AvgIpc) is 3.08. The topological polar surface area (TPSA) is 80.3 Å². The van der Waals surface area contributed by atoms with Gasteiger partial charge in [0.2, 0.25) is 5.91 Å². The third kappa shape index (κ3) is 5.34. The fourth-order valence-electron chi connectivity index (χ4n) is 2.72. The van der Waals surface area contributed by atoms with Crippen molar-refractivity contribution in [1.29, 1.82) is 0 Å². The molecule has 0 bridgehead atoms. The van der Waals surface area contributed by atoms with Crippen molar-refractivity contribution in [2.75, 3.05) is 19.0 Å². The van der Waals surface area contributed by atoms with E-state index < -0.39 is 0 Å². The molecular formula is C21H20ClN3O3S. The highest BCUT2D eigenvalue weighted by Crippen LogP contribution is 2.31. The minimum Gasteiger partial charge on any atom is -0.496 e. The van der Waals surface area contributed by atoms with Gasteiger partial charge in [-0.3, -0.25) is 9.59 Å². The van der Waals surface area contributed by atoms with Gasteiger partial charge in [0.05, 0.1) is 18.4 Å². The number of halogens is 1. The zero-order valence-electron chi connectivity index (χ0n) is 16.0. The molecule has 0 saturated heterocycles. The lowest BCUT2D eigenvalue weighted by molar-refractivity contribution is -0.116. The summed E-state index contributed by atoms with van der Waals surface area (Å²) in [5, 5.41) is 6.70. The van der Waals surface area contributed by atoms with Gasteiger partial charge in [-0.05, 0) is 31.2 Å². The van der Waals surface area contributed by atoms with Gasteiger partial charge in [0.15, 0.2) is 5.13 Å². The lowest BCUT2D eigenvalue weighted by atomic mass is 10.1. The van der Waals surface area contributed by atoms with Crippen molar-refractivity contribution < 1.29 is 14.3 Å². The van der Waals surface area contributed by atoms with Crippen molar-refractivity contribution in [3.63, 3.8) is 0 Å². The Bertz CT molecular complexity index is 1020. The highest BCUT2D eigenvalue weighted by molar-refractivity contribution is 7.16. The van der Waals surface area contributed by atoms with Crippen LogP contribution in [0.3, 0.4) is 0 Å². The number of hydrogen-bond acceptors (Lipinski definition) is 5. The number of benzene rings is 2. The third-order valence-electron chi connectivity index (χ3n) is 4.15. The first-order valence-electron chi connectivity index (χ1n) is 8.92. The fourth-order valence-corrected chi connectivity index (χ4v) is 3.70. The number of nitrogens with zero attached hydrogens (tertiary/aromatic N) is 1. The molecule has 150 valence electrons. The smallest absolute Gasteiger partial charge is 0.255 e. The number of aromatic nitrogens is 1. The number of rotatable bonds is 7. The summed E-state index contributed by atoms with van der Waals surface area (Å²) in [7, 11) is 1.51. The van der Waals surface area contributed by atoms with Crippen LogP contribution in [0.5, 0.6) is 5.75 Å². The van der Waals surface area contributed by atoms with Crippen LogP contribution in [0, 0.1) is 6.92 Å². The fraction of sp³-hybridized carbons (Fsp3) is 0.190. The van der Waals surface area contributed by atoms with Gasteiger partial charge in [0.25, 0.3) is 5.91 Å². The zero-order chi connectivity index (χ0) is 20.8. The van der Waals surface area contributed by atoms with Crippen molar-refractivity contribution in [2.24, 2.45) is 0 Å². The summed E-state index contributed by atoms with van der Waals surface area (Å²) in [6.07, 6.45) is 0.135. The van der Waals surface area contributed by atoms with Crippen molar-refractivity contribution in [3.05, 3.63) is 64.0 Å². The first-order valence-corrected chi connectivity index (χ1v) is 10.1. The van der Waals surface area contributed by atoms with Crippen LogP contribution in [-0.2, 0) is 4.79 Å². The Morgan fingerprint density at radius 3 is 2.59 bits per heavy atom. The van der Waals surface area contributed by atoms with E-state index in [-0.39, 0.29) is 24.8 Å². The lowest BCUT2D eigenvalue weighted by Crippen LogP contribution is -2.28. The number of ether oxygens (including phenoxy) is 1. The van der Waals surface area contributed by atoms with Crippen LogP contribution in [-0.4, -0.2) is 30.5 Å². The molecule has 29 heavy (non-hydrogen) atoms. The summed E-state index contributed by atoms with van der Waals surface area (Å²) in [6, 6.07) is 14.3. The second kappa shape index (κ2) is 9.54. The van der Waals surface area contributed by atoms with E-state index in [9.17, 15) is 9.59 Å². The molecule has 3 rings (SSSR count). The molecule has 2 aromatic carbocycles. The Balaban J connectivity index is 1.54. The first kappa shape index (κ1) is 20.8. The van der Waals surface area contributed by atoms with Crippen LogP contribution >= 0.6 is 22.9 Å². The Kier molecular flexibility index (Phi) is 6.85. The molecule has 0 fully saturated rings. The average molecular weight is 430 g/mol. The van der Waals surface area contributed by atoms with Gasteiger partial charge in [0.1, 0.15) is 5.75 Å². The Morgan fingerprint density at radius 2 is 1.86 bits per heavy atom. The van der Waals surface area contributed by atoms with Crippen LogP contribution in [0.2, 0.25) is 5.02 Å². The van der Waals surface area contributed by atoms with E-state index in [4.69, 9.17) is 16.3 Å². The van der Waals surface area contributed by atoms with E-state index in [0.29, 0.717) is 21.5 Å². The lowest BCUT2D eigenvalue weighted by Gasteiger charge is -2.08. The molecule has 2 N–H and O–H groups in total. The third-order valence-corrected chi connectivity index (χ3v) is 5.29. The summed E-state index contributed by atoms with van der Waals surface area (Å²) in [6.45, 7) is 2.15. The van der Waals surface area contributed by atoms with Crippen LogP contribution in [0.4, 0.5) is 5.13 Å². The number of carbonyl (C=O) groups is 2. The monoisotopic (exact) mass is 429 g/mol. The predicted octanol–water partition coefficient (Wildman–Crippen LogP) is 4.54. The largest absolute Gasteiger partial charge is 0.496 e. The molecular weight excluding hydrogens is 410 g/mol. The van der Waals surface area contributed by atoms with E-state index in [1.54, 1.807) is 36.4 Å². The number of nitrogens with one attached hydrogen (secondary N) is 2. The molecule has 0 aliphatic heterocycles. The van der Waals surface area contributed by atoms with Gasteiger partial charge in [-0.1, -0.05) is 35.9 Å². The van der Waals surface area contributed by atoms with Gasteiger partial charge in [-0.15, -0.1) is 11.3 Å². The molecule has 0 atom stereocenters. The van der Waals surface area contributed by atoms with Gasteiger partial charge in [-0.25, -0.2) is 4.98 Å². The molecule has 0 unspecified atom stereocenters. The Labute approximate surface area is 177 Å². The van der Waals surface area contributed by atoms with E-state index in [1.165, 1.54) is 18.4 Å². The number of thiazole rings is 1. The van der Waals surface area contributed by atoms with E-state index in [2.05, 4.69) is 15.6 Å². The molecule has 0 radical (unpaired) electrons. The van der Waals surface area contributed by atoms with Gasteiger partial charge < -0.3 is 15.4 Å². The standard InChI is InChI=1S/C21H20ClN3O3S/c1-13-19(14-7-9-15(22)10-8-14)25-21(29-13)24-18(26)11-12-23-20(27)16-5-3-4-6-17(16)28-2/h3-10H,11-12H2,1-2H3,(H,23,27)(H,24,25,26). The van der Waals surface area contributed by atoms with Crippen molar-refractivity contribution in [2.45, 2.75) is 13.3 Å². The molecule has 1 aromatic heterocycles. The Morgan fingerprint density at radius 1 is 1.14 bits per heavy atom. The summed E-state index contributed by atoms with van der Waals surface area (Å²) in [5.41, 5.74) is 2.18. The highest BCUT2D eigenvalue weighted by atomic mass is 35.5. The van der Waals surface area contributed by atoms with E-state index >= 15 is 0 Å². The molecule has 3 aromatic rings. The summed E-state index contributed by atoms with van der Waals surface area (Å²) in [5.74, 6) is -0.0189. The number of anilines is 1. The quantitative estimate of drug-likeness (QED) is 0.577. The van der Waals surface area contributed by atoms with Crippen molar-refractivity contribution in [3.8, 4) is 17.0 Å². The van der Waals surface area contributed by atoms with Gasteiger partial charge in [0, 0.05) is 28.4 Å². The summed E-state index contributed by atoms with van der Waals surface area (Å²) in [4.78, 5) is 30.0. The Hall–Kier alpha value is -2.90. The number of para-hydroxylation sites is 1. The first-order chi connectivity index (χ1) is 14.0. The summed E-state index contributed by atoms with van der Waals surface area (Å²) < 4.78 is 5.18. The number of aryl methyl sites for hydroxylation is 1. The number of amides is 2. The maximum Gasteiger partial charge on any atom is 0.255 e. The molecule has 0 spiro atoms. The molecule has 0 aliphatic rings. The second-order valence-electron chi connectivity index (χ2n) is 6.19. The minimum absolute atomic E-state index is 0.135. The normalized spacial score (nSPS) is 10.4. The second-order valence-corrected chi connectivity index (χ2v) is 7.82. The molecule has 2 amide bonds. The van der Waals surface area contributed by atoms with Gasteiger partial charge in [-0.2, -0.15) is 0 Å². The maximum atomic E-state index is 12.3.